The van der Waals surface area contributed by atoms with Crippen molar-refractivity contribution in [3.05, 3.63) is 35.4 Å². The maximum absolute atomic E-state index is 2.32. The minimum atomic E-state index is 0.779. The summed E-state index contributed by atoms with van der Waals surface area (Å²) in [5.74, 6) is 1.56. The summed E-state index contributed by atoms with van der Waals surface area (Å²) in [7, 11) is 0. The molecule has 1 aromatic carbocycles. The molecule has 0 fully saturated rings. The highest BCUT2D eigenvalue weighted by Gasteiger charge is 2.23. The Kier molecular flexibility index (Phi) is 1.49. The first-order valence-corrected chi connectivity index (χ1v) is 4.38. The Morgan fingerprint density at radius 3 is 1.91 bits per heavy atom. The molecule has 0 nitrogen and oxygen atoms in total. The quantitative estimate of drug-likeness (QED) is 0.527. The van der Waals surface area contributed by atoms with Crippen LogP contribution in [0.2, 0.25) is 0 Å². The average Bonchev–Trinajstić information content (AvgIpc) is 2.30. The largest absolute Gasteiger partial charge is 0.0620 e. The average molecular weight is 146 g/mol. The van der Waals surface area contributed by atoms with E-state index in [1.807, 2.05) is 0 Å². The highest BCUT2D eigenvalue weighted by molar-refractivity contribution is 5.37. The van der Waals surface area contributed by atoms with Crippen LogP contribution in [0.3, 0.4) is 0 Å². The highest BCUT2D eigenvalue weighted by Crippen LogP contribution is 2.40. The highest BCUT2D eigenvalue weighted by atomic mass is 14.3. The van der Waals surface area contributed by atoms with E-state index in [4.69, 9.17) is 0 Å². The Bertz CT molecular complexity index is 235. The zero-order valence-corrected chi connectivity index (χ0v) is 7.17. The lowest BCUT2D eigenvalue weighted by atomic mass is 10.0. The molecule has 0 spiro atoms. The normalized spacial score (nSPS) is 28.5. The van der Waals surface area contributed by atoms with Gasteiger partial charge in [-0.2, -0.15) is 0 Å². The number of hydrogen-bond acceptors (Lipinski definition) is 0. The summed E-state index contributed by atoms with van der Waals surface area (Å²) < 4.78 is 0. The van der Waals surface area contributed by atoms with Gasteiger partial charge in [-0.05, 0) is 29.4 Å². The minimum absolute atomic E-state index is 0.779. The van der Waals surface area contributed by atoms with Gasteiger partial charge in [-0.25, -0.2) is 0 Å². The molecule has 0 saturated carbocycles. The molecule has 11 heavy (non-hydrogen) atoms. The van der Waals surface area contributed by atoms with E-state index < -0.39 is 0 Å². The molecular weight excluding hydrogens is 132 g/mol. The Morgan fingerprint density at radius 2 is 1.45 bits per heavy atom. The van der Waals surface area contributed by atoms with Crippen LogP contribution in [0, 0.1) is 0 Å². The van der Waals surface area contributed by atoms with E-state index in [-0.39, 0.29) is 0 Å². The molecule has 0 N–H and O–H groups in total. The molecule has 2 atom stereocenters. The molecule has 0 aromatic heterocycles. The third-order valence-corrected chi connectivity index (χ3v) is 2.76. The molecule has 0 aliphatic heterocycles. The van der Waals surface area contributed by atoms with Gasteiger partial charge in [-0.15, -0.1) is 0 Å². The first kappa shape index (κ1) is 6.90. The Hall–Kier alpha value is -0.780. The second kappa shape index (κ2) is 2.37. The van der Waals surface area contributed by atoms with Crippen molar-refractivity contribution in [3.8, 4) is 0 Å². The molecular formula is C11H14. The van der Waals surface area contributed by atoms with Gasteiger partial charge in [-0.3, -0.25) is 0 Å². The molecule has 1 aliphatic carbocycles. The van der Waals surface area contributed by atoms with Gasteiger partial charge in [0.05, 0.1) is 0 Å². The van der Waals surface area contributed by atoms with Crippen LogP contribution in [0.1, 0.15) is 43.2 Å². The second-order valence-corrected chi connectivity index (χ2v) is 3.67. The van der Waals surface area contributed by atoms with Gasteiger partial charge < -0.3 is 0 Å². The van der Waals surface area contributed by atoms with E-state index in [1.165, 1.54) is 6.42 Å². The SMILES string of the molecule is C[C@H]1C[C@H](C)c2ccccc21. The van der Waals surface area contributed by atoms with Crippen molar-refractivity contribution in [2.45, 2.75) is 32.1 Å². The fourth-order valence-corrected chi connectivity index (χ4v) is 2.19. The third kappa shape index (κ3) is 0.973. The van der Waals surface area contributed by atoms with Crippen molar-refractivity contribution in [2.75, 3.05) is 0 Å². The molecule has 0 heteroatoms. The van der Waals surface area contributed by atoms with Crippen molar-refractivity contribution in [1.29, 1.82) is 0 Å². The zero-order chi connectivity index (χ0) is 7.84. The summed E-state index contributed by atoms with van der Waals surface area (Å²) in [6.45, 7) is 4.64. The predicted octanol–water partition coefficient (Wildman–Crippen LogP) is 3.30. The van der Waals surface area contributed by atoms with Gasteiger partial charge in [-0.1, -0.05) is 38.1 Å². The summed E-state index contributed by atoms with van der Waals surface area (Å²) in [6.07, 6.45) is 1.33. The zero-order valence-electron chi connectivity index (χ0n) is 7.17. The third-order valence-electron chi connectivity index (χ3n) is 2.76. The number of rotatable bonds is 0. The van der Waals surface area contributed by atoms with Crippen molar-refractivity contribution in [1.82, 2.24) is 0 Å². The van der Waals surface area contributed by atoms with Crippen LogP contribution in [0.5, 0.6) is 0 Å². The summed E-state index contributed by atoms with van der Waals surface area (Å²) in [5.41, 5.74) is 3.14. The summed E-state index contributed by atoms with van der Waals surface area (Å²) in [5, 5.41) is 0. The number of hydrogen-bond donors (Lipinski definition) is 0. The van der Waals surface area contributed by atoms with Crippen molar-refractivity contribution in [2.24, 2.45) is 0 Å². The van der Waals surface area contributed by atoms with Crippen LogP contribution >= 0.6 is 0 Å². The molecule has 0 unspecified atom stereocenters. The van der Waals surface area contributed by atoms with Crippen molar-refractivity contribution >= 4 is 0 Å². The van der Waals surface area contributed by atoms with E-state index >= 15 is 0 Å². The van der Waals surface area contributed by atoms with Crippen LogP contribution in [-0.4, -0.2) is 0 Å². The number of benzene rings is 1. The fraction of sp³-hybridized carbons (Fsp3) is 0.455. The van der Waals surface area contributed by atoms with E-state index in [1.54, 1.807) is 11.1 Å². The molecule has 0 bridgehead atoms. The molecule has 1 aliphatic rings. The lowest BCUT2D eigenvalue weighted by molar-refractivity contribution is 0.661. The smallest absolute Gasteiger partial charge is 0.0182 e. The Morgan fingerprint density at radius 1 is 1.00 bits per heavy atom. The monoisotopic (exact) mass is 146 g/mol. The van der Waals surface area contributed by atoms with Crippen molar-refractivity contribution in [3.63, 3.8) is 0 Å². The van der Waals surface area contributed by atoms with Gasteiger partial charge in [0.2, 0.25) is 0 Å². The lowest BCUT2D eigenvalue weighted by Gasteiger charge is -2.02. The first-order chi connectivity index (χ1) is 5.29. The summed E-state index contributed by atoms with van der Waals surface area (Å²) in [4.78, 5) is 0. The molecule has 0 saturated heterocycles. The molecule has 58 valence electrons. The fourth-order valence-electron chi connectivity index (χ4n) is 2.19. The molecule has 2 rings (SSSR count). The predicted molar refractivity (Wildman–Crippen MR) is 47.9 cm³/mol. The van der Waals surface area contributed by atoms with Crippen LogP contribution < -0.4 is 0 Å². The Balaban J connectivity index is 2.52. The maximum Gasteiger partial charge on any atom is -0.0182 e. The first-order valence-electron chi connectivity index (χ1n) is 4.38. The topological polar surface area (TPSA) is 0 Å². The van der Waals surface area contributed by atoms with E-state index in [2.05, 4.69) is 38.1 Å². The standard InChI is InChI=1S/C11H14/c1-8-7-9(2)11-6-4-3-5-10(8)11/h3-6,8-9H,7H2,1-2H3/t8-,9-/m0/s1. The summed E-state index contributed by atoms with van der Waals surface area (Å²) in [6, 6.07) is 8.83. The van der Waals surface area contributed by atoms with E-state index in [0.717, 1.165) is 11.8 Å². The minimum Gasteiger partial charge on any atom is -0.0620 e. The summed E-state index contributed by atoms with van der Waals surface area (Å²) >= 11 is 0. The van der Waals surface area contributed by atoms with Gasteiger partial charge in [0.1, 0.15) is 0 Å². The Labute approximate surface area is 68.3 Å². The van der Waals surface area contributed by atoms with Gasteiger partial charge in [0.15, 0.2) is 0 Å². The molecule has 0 radical (unpaired) electrons. The maximum atomic E-state index is 2.32. The molecule has 1 aromatic rings. The van der Waals surface area contributed by atoms with Gasteiger partial charge >= 0.3 is 0 Å². The molecule has 0 heterocycles. The van der Waals surface area contributed by atoms with E-state index in [9.17, 15) is 0 Å². The van der Waals surface area contributed by atoms with Gasteiger partial charge in [0, 0.05) is 0 Å². The van der Waals surface area contributed by atoms with Gasteiger partial charge in [0.25, 0.3) is 0 Å². The van der Waals surface area contributed by atoms with Crippen LogP contribution in [0.4, 0.5) is 0 Å². The number of fused-ring (bicyclic) bond motifs is 1. The van der Waals surface area contributed by atoms with Crippen LogP contribution in [0.15, 0.2) is 24.3 Å². The molecule has 0 amide bonds. The lowest BCUT2D eigenvalue weighted by Crippen LogP contribution is -1.84. The van der Waals surface area contributed by atoms with Crippen LogP contribution in [-0.2, 0) is 0 Å². The van der Waals surface area contributed by atoms with Crippen molar-refractivity contribution < 1.29 is 0 Å². The van der Waals surface area contributed by atoms with E-state index in [0.29, 0.717) is 0 Å². The second-order valence-electron chi connectivity index (χ2n) is 3.67. The van der Waals surface area contributed by atoms with Crippen LogP contribution in [0.25, 0.3) is 0 Å².